The first-order valence-corrected chi connectivity index (χ1v) is 12.9. The van der Waals surface area contributed by atoms with Gasteiger partial charge in [0.25, 0.3) is 5.91 Å². The molecule has 1 amide bonds. The molecule has 2 aromatic heterocycles. The minimum absolute atomic E-state index is 0.0264. The van der Waals surface area contributed by atoms with Crippen LogP contribution in [0, 0.1) is 11.8 Å². The van der Waals surface area contributed by atoms with E-state index in [1.165, 1.54) is 18.3 Å². The minimum atomic E-state index is -4.14. The summed E-state index contributed by atoms with van der Waals surface area (Å²) in [5.41, 5.74) is 5.33. The van der Waals surface area contributed by atoms with Gasteiger partial charge in [-0.25, -0.2) is 18.4 Å². The molecule has 1 aliphatic carbocycles. The van der Waals surface area contributed by atoms with Gasteiger partial charge in [0.1, 0.15) is 17.5 Å². The fourth-order valence-electron chi connectivity index (χ4n) is 5.21. The number of hydrogen-bond acceptors (Lipinski definition) is 7. The van der Waals surface area contributed by atoms with Crippen molar-refractivity contribution in [2.45, 2.75) is 74.9 Å². The summed E-state index contributed by atoms with van der Waals surface area (Å²) in [6.45, 7) is 9.05. The van der Waals surface area contributed by atoms with Crippen LogP contribution < -0.4 is 15.4 Å². The minimum Gasteiger partial charge on any atom is -0.474 e. The Morgan fingerprint density at radius 1 is 1.18 bits per heavy atom. The zero-order valence-corrected chi connectivity index (χ0v) is 20.4. The molecule has 178 valence electrons. The third-order valence-corrected chi connectivity index (χ3v) is 8.36. The Bertz CT molecular complexity index is 1160. The van der Waals surface area contributed by atoms with E-state index >= 15 is 0 Å². The Balaban J connectivity index is 1.74. The molecule has 8 nitrogen and oxygen atoms in total. The first-order chi connectivity index (χ1) is 15.5. The Kier molecular flexibility index (Phi) is 6.11. The second-order valence-electron chi connectivity index (χ2n) is 10.1. The Labute approximate surface area is 195 Å². The van der Waals surface area contributed by atoms with Crippen LogP contribution in [0.4, 0.5) is 5.82 Å². The van der Waals surface area contributed by atoms with Crippen molar-refractivity contribution >= 4 is 21.6 Å². The van der Waals surface area contributed by atoms with Crippen LogP contribution in [0.3, 0.4) is 0 Å². The number of carbonyl (C=O) groups excluding carboxylic acids is 1. The highest BCUT2D eigenvalue weighted by Gasteiger charge is 2.40. The van der Waals surface area contributed by atoms with Crippen molar-refractivity contribution in [3.05, 3.63) is 36.0 Å². The van der Waals surface area contributed by atoms with Crippen LogP contribution in [0.2, 0.25) is 0 Å². The molecule has 0 radical (unpaired) electrons. The van der Waals surface area contributed by atoms with Gasteiger partial charge in [0.2, 0.25) is 15.7 Å². The maximum Gasteiger partial charge on any atom is 0.253 e. The fourth-order valence-corrected chi connectivity index (χ4v) is 6.60. The molecular weight excluding hydrogens is 440 g/mol. The number of ether oxygens (including phenoxy) is 1. The molecule has 1 saturated heterocycles. The van der Waals surface area contributed by atoms with Crippen LogP contribution in [-0.2, 0) is 9.84 Å². The Hall–Kier alpha value is -2.68. The number of nitrogens with zero attached hydrogens (tertiary/aromatic N) is 3. The molecule has 3 atom stereocenters. The highest BCUT2D eigenvalue weighted by Crippen LogP contribution is 2.39. The van der Waals surface area contributed by atoms with Crippen LogP contribution in [0.15, 0.2) is 40.4 Å². The number of amides is 1. The van der Waals surface area contributed by atoms with E-state index < -0.39 is 15.7 Å². The fraction of sp³-hybridized carbons (Fsp3) is 0.542. The topological polar surface area (TPSA) is 115 Å². The van der Waals surface area contributed by atoms with Gasteiger partial charge < -0.3 is 15.4 Å². The van der Waals surface area contributed by atoms with Crippen molar-refractivity contribution in [2.75, 3.05) is 11.4 Å². The third-order valence-electron chi connectivity index (χ3n) is 6.66. The van der Waals surface area contributed by atoms with E-state index in [0.717, 1.165) is 25.7 Å². The molecule has 0 spiro atoms. The molecule has 3 heterocycles. The molecule has 2 aromatic rings. The quantitative estimate of drug-likeness (QED) is 0.683. The average Bonchev–Trinajstić information content (AvgIpc) is 3.27. The molecule has 9 heteroatoms. The zero-order chi connectivity index (χ0) is 24.0. The second kappa shape index (κ2) is 8.59. The summed E-state index contributed by atoms with van der Waals surface area (Å²) in [6.07, 6.45) is 5.25. The first-order valence-electron chi connectivity index (χ1n) is 11.4. The lowest BCUT2D eigenvalue weighted by molar-refractivity contribution is 0.0997. The summed E-state index contributed by atoms with van der Waals surface area (Å²) in [7, 11) is -4.14. The number of anilines is 1. The first kappa shape index (κ1) is 23.5. The van der Waals surface area contributed by atoms with Crippen molar-refractivity contribution in [3.8, 4) is 5.88 Å². The van der Waals surface area contributed by atoms with E-state index in [4.69, 9.17) is 10.5 Å². The summed E-state index contributed by atoms with van der Waals surface area (Å²) in [4.78, 5) is 23.0. The second-order valence-corrected chi connectivity index (χ2v) is 11.9. The van der Waals surface area contributed by atoms with E-state index in [1.54, 1.807) is 12.1 Å². The average molecular weight is 473 g/mol. The number of rotatable bonds is 6. The van der Waals surface area contributed by atoms with Crippen molar-refractivity contribution in [1.82, 2.24) is 9.97 Å². The molecule has 2 fully saturated rings. The highest BCUT2D eigenvalue weighted by atomic mass is 32.2. The summed E-state index contributed by atoms with van der Waals surface area (Å²) in [6, 6.07) is 5.99. The number of pyridine rings is 2. The van der Waals surface area contributed by atoms with Gasteiger partial charge in [0, 0.05) is 24.3 Å². The molecule has 3 unspecified atom stereocenters. The number of nitrogens with two attached hydrogens (primary N) is 1. The van der Waals surface area contributed by atoms with Crippen molar-refractivity contribution < 1.29 is 17.9 Å². The van der Waals surface area contributed by atoms with E-state index in [-0.39, 0.29) is 33.0 Å². The number of sulfone groups is 1. The number of primary amides is 1. The summed E-state index contributed by atoms with van der Waals surface area (Å²) in [5, 5.41) is -0.181. The van der Waals surface area contributed by atoms with E-state index in [0.29, 0.717) is 24.2 Å². The van der Waals surface area contributed by atoms with Crippen molar-refractivity contribution in [2.24, 2.45) is 17.6 Å². The van der Waals surface area contributed by atoms with Crippen LogP contribution in [0.5, 0.6) is 5.88 Å². The molecule has 33 heavy (non-hydrogen) atoms. The van der Waals surface area contributed by atoms with Gasteiger partial charge >= 0.3 is 0 Å². The lowest BCUT2D eigenvalue weighted by Gasteiger charge is -2.33. The molecule has 0 bridgehead atoms. The zero-order valence-electron chi connectivity index (χ0n) is 19.6. The largest absolute Gasteiger partial charge is 0.474 e. The van der Waals surface area contributed by atoms with Gasteiger partial charge in [-0.3, -0.25) is 4.79 Å². The van der Waals surface area contributed by atoms with Gasteiger partial charge in [-0.15, -0.1) is 0 Å². The lowest BCUT2D eigenvalue weighted by atomic mass is 9.97. The molecule has 2 aliphatic rings. The summed E-state index contributed by atoms with van der Waals surface area (Å²) < 4.78 is 33.2. The maximum absolute atomic E-state index is 13.6. The monoisotopic (exact) mass is 472 g/mol. The van der Waals surface area contributed by atoms with Gasteiger partial charge in [0.15, 0.2) is 5.03 Å². The van der Waals surface area contributed by atoms with Gasteiger partial charge in [-0.05, 0) is 63.5 Å². The predicted octanol–water partition coefficient (Wildman–Crippen LogP) is 3.60. The van der Waals surface area contributed by atoms with Crippen LogP contribution in [0.1, 0.15) is 63.7 Å². The third kappa shape index (κ3) is 4.55. The standard InChI is InChI=1S/C24H32N4O4S/c1-15-8-9-17(12-15)32-19-6-5-7-20(27-19)33(30,31)18-10-11-26-23(21(18)22(25)29)28-14-16(2)13-24(28,3)4/h5-7,10-11,15-17H,8-9,12-14H2,1-4H3,(H2,25,29). The van der Waals surface area contributed by atoms with Crippen molar-refractivity contribution in [3.63, 3.8) is 0 Å². The molecule has 0 aromatic carbocycles. The lowest BCUT2D eigenvalue weighted by Crippen LogP contribution is -2.40. The highest BCUT2D eigenvalue weighted by molar-refractivity contribution is 7.91. The van der Waals surface area contributed by atoms with Gasteiger partial charge in [0.05, 0.1) is 4.90 Å². The maximum atomic E-state index is 13.6. The van der Waals surface area contributed by atoms with Crippen LogP contribution in [0.25, 0.3) is 0 Å². The van der Waals surface area contributed by atoms with Crippen LogP contribution in [-0.4, -0.2) is 42.5 Å². The normalized spacial score (nSPS) is 24.7. The molecule has 2 N–H and O–H groups in total. The predicted molar refractivity (Wildman–Crippen MR) is 125 cm³/mol. The molecular formula is C24H32N4O4S. The van der Waals surface area contributed by atoms with Crippen LogP contribution >= 0.6 is 0 Å². The van der Waals surface area contributed by atoms with Gasteiger partial charge in [-0.2, -0.15) is 0 Å². The van der Waals surface area contributed by atoms with Gasteiger partial charge in [-0.1, -0.05) is 19.9 Å². The molecule has 1 saturated carbocycles. The summed E-state index contributed by atoms with van der Waals surface area (Å²) >= 11 is 0. The number of hydrogen-bond donors (Lipinski definition) is 1. The number of carbonyl (C=O) groups is 1. The van der Waals surface area contributed by atoms with E-state index in [9.17, 15) is 13.2 Å². The van der Waals surface area contributed by atoms with Crippen molar-refractivity contribution in [1.29, 1.82) is 0 Å². The SMILES string of the molecule is CC1CCC(Oc2cccc(S(=O)(=O)c3ccnc(N4CC(C)CC4(C)C)c3C(N)=O)n2)C1. The molecule has 1 aliphatic heterocycles. The van der Waals surface area contributed by atoms with E-state index in [2.05, 4.69) is 37.7 Å². The molecule has 4 rings (SSSR count). The summed E-state index contributed by atoms with van der Waals surface area (Å²) in [5.74, 6) is 0.675. The Morgan fingerprint density at radius 3 is 2.55 bits per heavy atom. The number of aromatic nitrogens is 2. The smallest absolute Gasteiger partial charge is 0.253 e. The van der Waals surface area contributed by atoms with E-state index in [1.807, 2.05) is 4.90 Å². The Morgan fingerprint density at radius 2 is 1.94 bits per heavy atom.